The fourth-order valence-electron chi connectivity index (χ4n) is 2.09. The van der Waals surface area contributed by atoms with Gasteiger partial charge in [0, 0.05) is 12.1 Å². The van der Waals surface area contributed by atoms with Crippen molar-refractivity contribution in [3.63, 3.8) is 0 Å². The summed E-state index contributed by atoms with van der Waals surface area (Å²) in [6.07, 6.45) is 0.684. The summed E-state index contributed by atoms with van der Waals surface area (Å²) in [5, 5.41) is 3.33. The Morgan fingerprint density at radius 2 is 1.70 bits per heavy atom. The van der Waals surface area contributed by atoms with E-state index in [1.54, 1.807) is 6.07 Å². The molecule has 0 aliphatic rings. The normalized spacial score (nSPS) is 10.5. The minimum atomic E-state index is -0.135. The Morgan fingerprint density at radius 1 is 1.00 bits per heavy atom. The predicted molar refractivity (Wildman–Crippen MR) is 79.4 cm³/mol. The van der Waals surface area contributed by atoms with Crippen LogP contribution >= 0.6 is 0 Å². The number of para-hydroxylation sites is 1. The third kappa shape index (κ3) is 4.07. The molecule has 0 aliphatic carbocycles. The molecule has 2 aromatic carbocycles. The van der Waals surface area contributed by atoms with Gasteiger partial charge in [-0.25, -0.2) is 4.39 Å². The van der Waals surface area contributed by atoms with Crippen LogP contribution in [0.1, 0.15) is 18.1 Å². The first kappa shape index (κ1) is 14.5. The first-order chi connectivity index (χ1) is 9.81. The molecule has 2 aromatic rings. The Morgan fingerprint density at radius 3 is 2.45 bits per heavy atom. The minimum absolute atomic E-state index is 0.135. The van der Waals surface area contributed by atoms with E-state index < -0.39 is 0 Å². The lowest BCUT2D eigenvalue weighted by Crippen LogP contribution is -2.17. The lowest BCUT2D eigenvalue weighted by atomic mass is 10.1. The molecule has 0 saturated carbocycles. The third-order valence-electron chi connectivity index (χ3n) is 3.12. The van der Waals surface area contributed by atoms with Gasteiger partial charge in [0.2, 0.25) is 0 Å². The van der Waals surface area contributed by atoms with Crippen molar-refractivity contribution >= 4 is 0 Å². The van der Waals surface area contributed by atoms with E-state index in [9.17, 15) is 4.39 Å². The van der Waals surface area contributed by atoms with Gasteiger partial charge in [0.25, 0.3) is 0 Å². The van der Waals surface area contributed by atoms with Crippen LogP contribution in [0, 0.1) is 5.82 Å². The Bertz CT molecular complexity index is 542. The van der Waals surface area contributed by atoms with Gasteiger partial charge >= 0.3 is 0 Å². The van der Waals surface area contributed by atoms with Gasteiger partial charge in [0.05, 0.1) is 6.61 Å². The zero-order valence-electron chi connectivity index (χ0n) is 11.7. The molecule has 0 aliphatic heterocycles. The van der Waals surface area contributed by atoms with E-state index in [0.717, 1.165) is 30.0 Å². The lowest BCUT2D eigenvalue weighted by Gasteiger charge is -2.11. The monoisotopic (exact) mass is 273 g/mol. The summed E-state index contributed by atoms with van der Waals surface area (Å²) in [6, 6.07) is 14.9. The van der Waals surface area contributed by atoms with Gasteiger partial charge in [0.1, 0.15) is 11.6 Å². The Balaban J connectivity index is 1.83. The van der Waals surface area contributed by atoms with Crippen LogP contribution in [0.4, 0.5) is 4.39 Å². The highest BCUT2D eigenvalue weighted by Crippen LogP contribution is 2.17. The molecule has 0 unspecified atom stereocenters. The summed E-state index contributed by atoms with van der Waals surface area (Å²) in [6.45, 7) is 4.10. The van der Waals surface area contributed by atoms with Crippen molar-refractivity contribution < 1.29 is 9.13 Å². The summed E-state index contributed by atoms with van der Waals surface area (Å²) in [5.41, 5.74) is 1.88. The molecule has 0 spiro atoms. The maximum absolute atomic E-state index is 13.5. The van der Waals surface area contributed by atoms with Crippen molar-refractivity contribution in [3.05, 3.63) is 65.5 Å². The molecule has 0 bridgehead atoms. The van der Waals surface area contributed by atoms with Crippen LogP contribution in [-0.2, 0) is 13.0 Å². The maximum Gasteiger partial charge on any atom is 0.126 e. The molecule has 20 heavy (non-hydrogen) atoms. The Kier molecular flexibility index (Phi) is 5.56. The standard InChI is InChI=1S/C17H20FNO/c1-2-20-17-10-6-4-8-15(17)13-19-12-11-14-7-3-5-9-16(14)18/h3-10,19H,2,11-13H2,1H3. The van der Waals surface area contributed by atoms with Gasteiger partial charge in [-0.05, 0) is 37.6 Å². The molecule has 0 amide bonds. The molecule has 0 aromatic heterocycles. The number of nitrogens with one attached hydrogen (secondary N) is 1. The number of hydrogen-bond acceptors (Lipinski definition) is 2. The molecular formula is C17H20FNO. The largest absolute Gasteiger partial charge is 0.494 e. The number of ether oxygens (including phenoxy) is 1. The summed E-state index contributed by atoms with van der Waals surface area (Å²) in [5.74, 6) is 0.775. The highest BCUT2D eigenvalue weighted by Gasteiger charge is 2.03. The van der Waals surface area contributed by atoms with E-state index in [2.05, 4.69) is 5.32 Å². The first-order valence-corrected chi connectivity index (χ1v) is 6.96. The Hall–Kier alpha value is -1.87. The summed E-state index contributed by atoms with van der Waals surface area (Å²) < 4.78 is 19.0. The second kappa shape index (κ2) is 7.65. The molecule has 1 N–H and O–H groups in total. The predicted octanol–water partition coefficient (Wildman–Crippen LogP) is 3.56. The van der Waals surface area contributed by atoms with Gasteiger partial charge in [-0.15, -0.1) is 0 Å². The quantitative estimate of drug-likeness (QED) is 0.779. The highest BCUT2D eigenvalue weighted by molar-refractivity contribution is 5.33. The average Bonchev–Trinajstić information content (AvgIpc) is 2.47. The van der Waals surface area contributed by atoms with Crippen LogP contribution in [0.3, 0.4) is 0 Å². The SMILES string of the molecule is CCOc1ccccc1CNCCc1ccccc1F. The van der Waals surface area contributed by atoms with E-state index >= 15 is 0 Å². The number of rotatable bonds is 7. The molecule has 0 atom stereocenters. The van der Waals surface area contributed by atoms with E-state index in [1.807, 2.05) is 43.3 Å². The molecule has 2 rings (SSSR count). The Labute approximate surface area is 119 Å². The van der Waals surface area contributed by atoms with Crippen molar-refractivity contribution in [2.45, 2.75) is 19.9 Å². The molecule has 106 valence electrons. The molecule has 2 nitrogen and oxygen atoms in total. The van der Waals surface area contributed by atoms with Gasteiger partial charge in [-0.2, -0.15) is 0 Å². The topological polar surface area (TPSA) is 21.3 Å². The third-order valence-corrected chi connectivity index (χ3v) is 3.12. The van der Waals surface area contributed by atoms with E-state index in [4.69, 9.17) is 4.74 Å². The molecule has 3 heteroatoms. The van der Waals surface area contributed by atoms with Gasteiger partial charge in [-0.3, -0.25) is 0 Å². The van der Waals surface area contributed by atoms with Crippen LogP contribution in [0.15, 0.2) is 48.5 Å². The summed E-state index contributed by atoms with van der Waals surface area (Å²) in [7, 11) is 0. The van der Waals surface area contributed by atoms with Crippen molar-refractivity contribution in [1.29, 1.82) is 0 Å². The van der Waals surface area contributed by atoms with Crippen LogP contribution in [0.25, 0.3) is 0 Å². The van der Waals surface area contributed by atoms with Crippen LogP contribution in [0.2, 0.25) is 0 Å². The zero-order valence-corrected chi connectivity index (χ0v) is 11.7. The second-order valence-electron chi connectivity index (χ2n) is 4.56. The second-order valence-corrected chi connectivity index (χ2v) is 4.56. The number of hydrogen-bond donors (Lipinski definition) is 1. The van der Waals surface area contributed by atoms with Gasteiger partial charge < -0.3 is 10.1 Å². The van der Waals surface area contributed by atoms with Crippen molar-refractivity contribution in [3.8, 4) is 5.75 Å². The molecular weight excluding hydrogens is 253 g/mol. The van der Waals surface area contributed by atoms with Gasteiger partial charge in [0.15, 0.2) is 0 Å². The van der Waals surface area contributed by atoms with E-state index in [1.165, 1.54) is 6.07 Å². The fraction of sp³-hybridized carbons (Fsp3) is 0.294. The fourth-order valence-corrected chi connectivity index (χ4v) is 2.09. The number of halogens is 1. The summed E-state index contributed by atoms with van der Waals surface area (Å²) in [4.78, 5) is 0. The molecule has 0 heterocycles. The van der Waals surface area contributed by atoms with Crippen molar-refractivity contribution in [1.82, 2.24) is 5.32 Å². The van der Waals surface area contributed by atoms with Crippen molar-refractivity contribution in [2.24, 2.45) is 0 Å². The molecule has 0 fully saturated rings. The van der Waals surface area contributed by atoms with Crippen LogP contribution < -0.4 is 10.1 Å². The van der Waals surface area contributed by atoms with Gasteiger partial charge in [-0.1, -0.05) is 36.4 Å². The summed E-state index contributed by atoms with van der Waals surface area (Å²) >= 11 is 0. The van der Waals surface area contributed by atoms with E-state index in [0.29, 0.717) is 13.0 Å². The minimum Gasteiger partial charge on any atom is -0.494 e. The lowest BCUT2D eigenvalue weighted by molar-refractivity contribution is 0.335. The zero-order chi connectivity index (χ0) is 14.2. The average molecular weight is 273 g/mol. The van der Waals surface area contributed by atoms with E-state index in [-0.39, 0.29) is 5.82 Å². The highest BCUT2D eigenvalue weighted by atomic mass is 19.1. The maximum atomic E-state index is 13.5. The van der Waals surface area contributed by atoms with Crippen LogP contribution in [-0.4, -0.2) is 13.2 Å². The first-order valence-electron chi connectivity index (χ1n) is 6.96. The molecule has 0 radical (unpaired) electrons. The van der Waals surface area contributed by atoms with Crippen molar-refractivity contribution in [2.75, 3.05) is 13.2 Å². The molecule has 0 saturated heterocycles. The number of benzene rings is 2. The smallest absolute Gasteiger partial charge is 0.126 e. The van der Waals surface area contributed by atoms with Crippen LogP contribution in [0.5, 0.6) is 5.75 Å².